The first-order valence-corrected chi connectivity index (χ1v) is 10.9. The van der Waals surface area contributed by atoms with Gasteiger partial charge in [-0.1, -0.05) is 6.07 Å². The molecule has 3 aliphatic rings. The molecule has 1 saturated heterocycles. The number of hydrogen-bond acceptors (Lipinski definition) is 6. The Morgan fingerprint density at radius 3 is 2.64 bits per heavy atom. The quantitative estimate of drug-likeness (QED) is 0.578. The Morgan fingerprint density at radius 2 is 1.88 bits per heavy atom. The van der Waals surface area contributed by atoms with Crippen LogP contribution in [0.3, 0.4) is 0 Å². The molecule has 0 bridgehead atoms. The number of nitrogens with zero attached hydrogens (tertiary/aromatic N) is 2. The lowest BCUT2D eigenvalue weighted by Gasteiger charge is -2.35. The van der Waals surface area contributed by atoms with E-state index in [4.69, 9.17) is 19.9 Å². The monoisotopic (exact) mass is 449 g/mol. The largest absolute Gasteiger partial charge is 0.462 e. The Hall–Kier alpha value is -3.52. The second-order valence-electron chi connectivity index (χ2n) is 8.52. The molecule has 1 atom stereocenters. The lowest BCUT2D eigenvalue weighted by molar-refractivity contribution is 0.0852. The molecule has 0 radical (unpaired) electrons. The first-order valence-electron chi connectivity index (χ1n) is 10.9. The van der Waals surface area contributed by atoms with Crippen molar-refractivity contribution < 1.29 is 23.0 Å². The predicted molar refractivity (Wildman–Crippen MR) is 117 cm³/mol. The van der Waals surface area contributed by atoms with E-state index in [0.29, 0.717) is 41.2 Å². The van der Waals surface area contributed by atoms with E-state index in [9.17, 15) is 4.39 Å². The van der Waals surface area contributed by atoms with Gasteiger partial charge in [0.2, 0.25) is 5.95 Å². The van der Waals surface area contributed by atoms with E-state index in [-0.39, 0.29) is 24.3 Å². The number of fused-ring (bicyclic) bond motifs is 4. The average molecular weight is 449 g/mol. The van der Waals surface area contributed by atoms with Crippen molar-refractivity contribution in [3.8, 4) is 22.6 Å². The van der Waals surface area contributed by atoms with Gasteiger partial charge in [0, 0.05) is 36.1 Å². The summed E-state index contributed by atoms with van der Waals surface area (Å²) in [5.74, 6) is -0.323. The Kier molecular flexibility index (Phi) is 4.58. The van der Waals surface area contributed by atoms with Crippen molar-refractivity contribution in [1.29, 1.82) is 0 Å². The molecule has 1 fully saturated rings. The number of ether oxygens (including phenoxy) is 3. The first kappa shape index (κ1) is 20.1. The highest BCUT2D eigenvalue weighted by Crippen LogP contribution is 2.53. The van der Waals surface area contributed by atoms with E-state index < -0.39 is 17.3 Å². The molecule has 1 spiro atoms. The highest BCUT2D eigenvalue weighted by atomic mass is 19.1. The topological polar surface area (TPSA) is 79.0 Å². The van der Waals surface area contributed by atoms with Gasteiger partial charge in [-0.15, -0.1) is 0 Å². The SMILES string of the molecule is NC1=N[C@@]2(CO1)c1cc(-c3cccnc3F)ccc1Oc1c(F)cc(C3CCOCC3)cc12. The fraction of sp³-hybridized carbons (Fsp3) is 0.280. The van der Waals surface area contributed by atoms with Crippen molar-refractivity contribution in [2.75, 3.05) is 19.8 Å². The second-order valence-corrected chi connectivity index (χ2v) is 8.52. The Balaban J connectivity index is 1.54. The molecule has 4 heterocycles. The molecule has 6 rings (SSSR count). The summed E-state index contributed by atoms with van der Waals surface area (Å²) in [7, 11) is 0. The summed E-state index contributed by atoms with van der Waals surface area (Å²) in [5, 5.41) is 0. The zero-order valence-corrected chi connectivity index (χ0v) is 17.7. The predicted octanol–water partition coefficient (Wildman–Crippen LogP) is 4.62. The summed E-state index contributed by atoms with van der Waals surface area (Å²) < 4.78 is 46.9. The summed E-state index contributed by atoms with van der Waals surface area (Å²) in [6.07, 6.45) is 3.03. The number of halogens is 2. The van der Waals surface area contributed by atoms with Gasteiger partial charge in [0.05, 0.1) is 0 Å². The number of rotatable bonds is 2. The molecule has 0 unspecified atom stereocenters. The normalized spacial score (nSPS) is 21.7. The highest BCUT2D eigenvalue weighted by molar-refractivity contribution is 5.78. The number of aliphatic imine (C=N–C) groups is 1. The highest BCUT2D eigenvalue weighted by Gasteiger charge is 2.48. The van der Waals surface area contributed by atoms with Gasteiger partial charge in [-0.05, 0) is 66.3 Å². The molecule has 8 heteroatoms. The van der Waals surface area contributed by atoms with Gasteiger partial charge >= 0.3 is 0 Å². The molecule has 6 nitrogen and oxygen atoms in total. The number of benzene rings is 2. The Labute approximate surface area is 189 Å². The van der Waals surface area contributed by atoms with Crippen LogP contribution in [0.1, 0.15) is 35.4 Å². The zero-order valence-electron chi connectivity index (χ0n) is 17.7. The van der Waals surface area contributed by atoms with Gasteiger partial charge in [0.15, 0.2) is 17.1 Å². The fourth-order valence-electron chi connectivity index (χ4n) is 4.97. The van der Waals surface area contributed by atoms with E-state index >= 15 is 4.39 Å². The van der Waals surface area contributed by atoms with Crippen molar-refractivity contribution in [3.05, 3.63) is 77.1 Å². The molecule has 0 amide bonds. The number of amidine groups is 1. The molecular weight excluding hydrogens is 428 g/mol. The molecule has 168 valence electrons. The number of pyridine rings is 1. The minimum absolute atomic E-state index is 0.0173. The lowest BCUT2D eigenvalue weighted by atomic mass is 9.78. The van der Waals surface area contributed by atoms with Gasteiger partial charge in [-0.2, -0.15) is 4.39 Å². The van der Waals surface area contributed by atoms with E-state index in [0.717, 1.165) is 18.4 Å². The molecule has 33 heavy (non-hydrogen) atoms. The van der Waals surface area contributed by atoms with Gasteiger partial charge in [0.25, 0.3) is 6.02 Å². The fourth-order valence-corrected chi connectivity index (χ4v) is 4.97. The van der Waals surface area contributed by atoms with E-state index in [1.165, 1.54) is 12.3 Å². The summed E-state index contributed by atoms with van der Waals surface area (Å²) in [6, 6.07) is 12.0. The van der Waals surface area contributed by atoms with Gasteiger partial charge in [-0.25, -0.2) is 14.4 Å². The Bertz CT molecular complexity index is 1290. The van der Waals surface area contributed by atoms with Gasteiger partial charge < -0.3 is 19.9 Å². The summed E-state index contributed by atoms with van der Waals surface area (Å²) in [6.45, 7) is 1.38. The van der Waals surface area contributed by atoms with Crippen LogP contribution in [0.25, 0.3) is 11.1 Å². The summed E-state index contributed by atoms with van der Waals surface area (Å²) in [5.41, 5.74) is 7.88. The molecule has 2 aromatic carbocycles. The lowest BCUT2D eigenvalue weighted by Crippen LogP contribution is -2.32. The smallest absolute Gasteiger partial charge is 0.283 e. The standard InChI is InChI=1S/C25H21F2N3O3/c26-20-12-16(14-5-8-31-9-6-14)11-19-22(20)33-21-4-3-15(17-2-1-7-29-23(17)27)10-18(21)25(19)13-32-24(28)30-25/h1-4,7,10-12,14H,5-6,8-9,13H2,(H2,28,30)/t25-/m0/s1. The van der Waals surface area contributed by atoms with Crippen LogP contribution in [-0.2, 0) is 15.0 Å². The van der Waals surface area contributed by atoms with Crippen LogP contribution in [0, 0.1) is 11.8 Å². The molecule has 0 aliphatic carbocycles. The maximum Gasteiger partial charge on any atom is 0.283 e. The van der Waals surface area contributed by atoms with Crippen LogP contribution < -0.4 is 10.5 Å². The number of aromatic nitrogens is 1. The van der Waals surface area contributed by atoms with Crippen LogP contribution in [0.2, 0.25) is 0 Å². The Morgan fingerprint density at radius 1 is 1.03 bits per heavy atom. The van der Waals surface area contributed by atoms with Crippen LogP contribution in [0.15, 0.2) is 53.7 Å². The van der Waals surface area contributed by atoms with Crippen LogP contribution in [0.5, 0.6) is 11.5 Å². The third-order valence-corrected chi connectivity index (χ3v) is 6.64. The minimum atomic E-state index is -1.09. The van der Waals surface area contributed by atoms with Crippen LogP contribution in [-0.4, -0.2) is 30.8 Å². The third-order valence-electron chi connectivity index (χ3n) is 6.64. The maximum absolute atomic E-state index is 15.4. The van der Waals surface area contributed by atoms with Crippen molar-refractivity contribution in [1.82, 2.24) is 4.98 Å². The first-order chi connectivity index (χ1) is 16.0. The third kappa shape index (κ3) is 3.16. The number of hydrogen-bond donors (Lipinski definition) is 1. The second kappa shape index (κ2) is 7.52. The maximum atomic E-state index is 15.4. The van der Waals surface area contributed by atoms with Crippen molar-refractivity contribution in [2.45, 2.75) is 24.3 Å². The van der Waals surface area contributed by atoms with E-state index in [1.807, 2.05) is 6.07 Å². The number of nitrogens with two attached hydrogens (primary N) is 1. The van der Waals surface area contributed by atoms with E-state index in [1.54, 1.807) is 30.3 Å². The van der Waals surface area contributed by atoms with Crippen LogP contribution in [0.4, 0.5) is 8.78 Å². The van der Waals surface area contributed by atoms with Crippen molar-refractivity contribution >= 4 is 6.02 Å². The molecule has 1 aromatic heterocycles. The summed E-state index contributed by atoms with van der Waals surface area (Å²) >= 11 is 0. The minimum Gasteiger partial charge on any atom is -0.462 e. The molecule has 2 N–H and O–H groups in total. The molecule has 3 aromatic rings. The van der Waals surface area contributed by atoms with Crippen LogP contribution >= 0.6 is 0 Å². The van der Waals surface area contributed by atoms with E-state index in [2.05, 4.69) is 9.98 Å². The van der Waals surface area contributed by atoms with Crippen molar-refractivity contribution in [3.63, 3.8) is 0 Å². The summed E-state index contributed by atoms with van der Waals surface area (Å²) in [4.78, 5) is 8.39. The molecular formula is C25H21F2N3O3. The molecule has 0 saturated carbocycles. The van der Waals surface area contributed by atoms with Gasteiger partial charge in [-0.3, -0.25) is 0 Å². The molecule has 3 aliphatic heterocycles. The van der Waals surface area contributed by atoms with Crippen molar-refractivity contribution in [2.24, 2.45) is 10.7 Å². The zero-order chi connectivity index (χ0) is 22.6. The van der Waals surface area contributed by atoms with Gasteiger partial charge in [0.1, 0.15) is 12.4 Å². The average Bonchev–Trinajstić information content (AvgIpc) is 3.23.